The largest absolute Gasteiger partial charge is 0.330 e. The molecule has 1 fully saturated rings. The first kappa shape index (κ1) is 13.5. The molecule has 0 bridgehead atoms. The maximum Gasteiger partial charge on any atom is 0.150 e. The van der Waals surface area contributed by atoms with Crippen LogP contribution in [0.15, 0.2) is 24.3 Å². The summed E-state index contributed by atoms with van der Waals surface area (Å²) in [4.78, 5) is 0. The summed E-state index contributed by atoms with van der Waals surface area (Å²) in [6.45, 7) is 0.351. The van der Waals surface area contributed by atoms with Gasteiger partial charge in [0, 0.05) is 5.92 Å². The van der Waals surface area contributed by atoms with Crippen molar-refractivity contribution in [2.24, 2.45) is 11.7 Å². The van der Waals surface area contributed by atoms with Crippen molar-refractivity contribution in [3.63, 3.8) is 0 Å². The van der Waals surface area contributed by atoms with Gasteiger partial charge in [-0.2, -0.15) is 0 Å². The normalized spacial score (nSPS) is 24.7. The van der Waals surface area contributed by atoms with Crippen LogP contribution < -0.4 is 5.73 Å². The summed E-state index contributed by atoms with van der Waals surface area (Å²) < 4.78 is 36.6. The second-order valence-corrected chi connectivity index (χ2v) is 7.14. The zero-order valence-corrected chi connectivity index (χ0v) is 11.0. The van der Waals surface area contributed by atoms with E-state index in [1.54, 1.807) is 6.07 Å². The minimum Gasteiger partial charge on any atom is -0.330 e. The SMILES string of the molecule is NCC(c1cccc(F)c1)C1CCCS(=O)(=O)C1. The highest BCUT2D eigenvalue weighted by Gasteiger charge is 2.31. The third-order valence-electron chi connectivity index (χ3n) is 3.60. The quantitative estimate of drug-likeness (QED) is 0.910. The topological polar surface area (TPSA) is 60.2 Å². The Morgan fingerprint density at radius 2 is 2.22 bits per heavy atom. The van der Waals surface area contributed by atoms with E-state index >= 15 is 0 Å². The van der Waals surface area contributed by atoms with Crippen LogP contribution in [0.1, 0.15) is 24.3 Å². The van der Waals surface area contributed by atoms with Gasteiger partial charge in [0.15, 0.2) is 9.84 Å². The Morgan fingerprint density at radius 3 is 2.83 bits per heavy atom. The summed E-state index contributed by atoms with van der Waals surface area (Å²) in [7, 11) is -2.95. The van der Waals surface area contributed by atoms with Crippen molar-refractivity contribution in [3.8, 4) is 0 Å². The van der Waals surface area contributed by atoms with E-state index in [0.717, 1.165) is 12.0 Å². The molecular formula is C13H18FNO2S. The molecule has 2 atom stereocenters. The Morgan fingerprint density at radius 1 is 1.44 bits per heavy atom. The summed E-state index contributed by atoms with van der Waals surface area (Å²) in [5.74, 6) is 0.0749. The lowest BCUT2D eigenvalue weighted by Gasteiger charge is -2.29. The van der Waals surface area contributed by atoms with Crippen molar-refractivity contribution in [3.05, 3.63) is 35.6 Å². The Hall–Kier alpha value is -0.940. The zero-order chi connectivity index (χ0) is 13.2. The number of halogens is 1. The standard InChI is InChI=1S/C13H18FNO2S/c14-12-5-1-3-10(7-12)13(8-15)11-4-2-6-18(16,17)9-11/h1,3,5,7,11,13H,2,4,6,8-9,15H2. The Balaban J connectivity index is 2.23. The molecule has 18 heavy (non-hydrogen) atoms. The molecule has 1 heterocycles. The van der Waals surface area contributed by atoms with Crippen LogP contribution in [0.25, 0.3) is 0 Å². The van der Waals surface area contributed by atoms with E-state index in [-0.39, 0.29) is 29.2 Å². The Bertz CT molecular complexity index is 515. The fourth-order valence-electron chi connectivity index (χ4n) is 2.71. The van der Waals surface area contributed by atoms with Crippen LogP contribution in [0.4, 0.5) is 4.39 Å². The molecule has 1 aliphatic rings. The van der Waals surface area contributed by atoms with E-state index in [4.69, 9.17) is 5.73 Å². The van der Waals surface area contributed by atoms with Gasteiger partial charge in [-0.25, -0.2) is 12.8 Å². The van der Waals surface area contributed by atoms with Crippen molar-refractivity contribution in [2.45, 2.75) is 18.8 Å². The lowest BCUT2D eigenvalue weighted by Crippen LogP contribution is -2.32. The minimum atomic E-state index is -2.95. The molecular weight excluding hydrogens is 253 g/mol. The third kappa shape index (κ3) is 3.09. The van der Waals surface area contributed by atoms with Gasteiger partial charge in [-0.15, -0.1) is 0 Å². The molecule has 100 valence electrons. The molecule has 0 saturated carbocycles. The molecule has 2 N–H and O–H groups in total. The van der Waals surface area contributed by atoms with Crippen LogP contribution in [0.2, 0.25) is 0 Å². The van der Waals surface area contributed by atoms with Crippen LogP contribution in [0, 0.1) is 11.7 Å². The van der Waals surface area contributed by atoms with E-state index in [1.165, 1.54) is 12.1 Å². The summed E-state index contributed by atoms with van der Waals surface area (Å²) in [5, 5.41) is 0. The maximum atomic E-state index is 13.2. The molecule has 2 unspecified atom stereocenters. The molecule has 1 saturated heterocycles. The van der Waals surface area contributed by atoms with Crippen LogP contribution in [0.5, 0.6) is 0 Å². The molecule has 1 aliphatic heterocycles. The molecule has 0 amide bonds. The molecule has 1 aromatic carbocycles. The molecule has 2 rings (SSSR count). The van der Waals surface area contributed by atoms with Crippen LogP contribution in [0.3, 0.4) is 0 Å². The van der Waals surface area contributed by atoms with Crippen LogP contribution in [-0.2, 0) is 9.84 Å². The van der Waals surface area contributed by atoms with E-state index in [2.05, 4.69) is 0 Å². The predicted molar refractivity (Wildman–Crippen MR) is 69.6 cm³/mol. The molecule has 0 aliphatic carbocycles. The molecule has 3 nitrogen and oxygen atoms in total. The first-order valence-corrected chi connectivity index (χ1v) is 8.00. The van der Waals surface area contributed by atoms with Crippen molar-refractivity contribution in [1.82, 2.24) is 0 Å². The number of benzene rings is 1. The van der Waals surface area contributed by atoms with Crippen LogP contribution >= 0.6 is 0 Å². The highest BCUT2D eigenvalue weighted by Crippen LogP contribution is 2.32. The second-order valence-electron chi connectivity index (χ2n) is 4.91. The summed E-state index contributed by atoms with van der Waals surface area (Å²) in [6, 6.07) is 6.31. The van der Waals surface area contributed by atoms with Gasteiger partial charge < -0.3 is 5.73 Å². The molecule has 0 radical (unpaired) electrons. The molecule has 5 heteroatoms. The van der Waals surface area contributed by atoms with Gasteiger partial charge in [-0.05, 0) is 43.0 Å². The minimum absolute atomic E-state index is 0.00977. The van der Waals surface area contributed by atoms with Gasteiger partial charge in [0.25, 0.3) is 0 Å². The summed E-state index contributed by atoms with van der Waals surface area (Å²) in [6.07, 6.45) is 1.52. The van der Waals surface area contributed by atoms with Gasteiger partial charge in [-0.3, -0.25) is 0 Å². The average molecular weight is 271 g/mol. The monoisotopic (exact) mass is 271 g/mol. The fraction of sp³-hybridized carbons (Fsp3) is 0.538. The average Bonchev–Trinajstić information content (AvgIpc) is 2.29. The fourth-order valence-corrected chi connectivity index (χ4v) is 4.54. The number of nitrogens with two attached hydrogens (primary N) is 1. The van der Waals surface area contributed by atoms with Crippen molar-refractivity contribution >= 4 is 9.84 Å². The number of sulfone groups is 1. The van der Waals surface area contributed by atoms with Crippen molar-refractivity contribution in [1.29, 1.82) is 0 Å². The van der Waals surface area contributed by atoms with E-state index in [1.807, 2.05) is 6.07 Å². The van der Waals surface area contributed by atoms with Gasteiger partial charge in [0.2, 0.25) is 0 Å². The molecule has 0 spiro atoms. The lowest BCUT2D eigenvalue weighted by atomic mass is 9.84. The van der Waals surface area contributed by atoms with E-state index in [0.29, 0.717) is 13.0 Å². The highest BCUT2D eigenvalue weighted by atomic mass is 32.2. The van der Waals surface area contributed by atoms with Crippen molar-refractivity contribution in [2.75, 3.05) is 18.1 Å². The smallest absolute Gasteiger partial charge is 0.150 e. The first-order valence-electron chi connectivity index (χ1n) is 6.18. The summed E-state index contributed by atoms with van der Waals surface area (Å²) in [5.41, 5.74) is 6.56. The predicted octanol–water partition coefficient (Wildman–Crippen LogP) is 1.69. The van der Waals surface area contributed by atoms with Crippen molar-refractivity contribution < 1.29 is 12.8 Å². The second kappa shape index (κ2) is 5.36. The number of hydrogen-bond donors (Lipinski definition) is 1. The zero-order valence-electron chi connectivity index (χ0n) is 10.2. The lowest BCUT2D eigenvalue weighted by molar-refractivity contribution is 0.411. The van der Waals surface area contributed by atoms with Gasteiger partial charge >= 0.3 is 0 Å². The Labute approximate surface area is 107 Å². The Kier molecular flexibility index (Phi) is 4.02. The maximum absolute atomic E-state index is 13.2. The first-order chi connectivity index (χ1) is 8.52. The van der Waals surface area contributed by atoms with Gasteiger partial charge in [0.05, 0.1) is 11.5 Å². The third-order valence-corrected chi connectivity index (χ3v) is 5.44. The highest BCUT2D eigenvalue weighted by molar-refractivity contribution is 7.91. The number of hydrogen-bond acceptors (Lipinski definition) is 3. The number of rotatable bonds is 3. The molecule has 0 aromatic heterocycles. The molecule has 1 aromatic rings. The van der Waals surface area contributed by atoms with E-state index < -0.39 is 9.84 Å². The van der Waals surface area contributed by atoms with Gasteiger partial charge in [-0.1, -0.05) is 12.1 Å². The van der Waals surface area contributed by atoms with Crippen LogP contribution in [-0.4, -0.2) is 26.5 Å². The van der Waals surface area contributed by atoms with E-state index in [9.17, 15) is 12.8 Å². The van der Waals surface area contributed by atoms with Gasteiger partial charge in [0.1, 0.15) is 5.82 Å². The summed E-state index contributed by atoms with van der Waals surface area (Å²) >= 11 is 0.